The van der Waals surface area contributed by atoms with E-state index in [0.717, 1.165) is 25.5 Å². The molecular weight excluding hydrogens is 258 g/mol. The quantitative estimate of drug-likeness (QED) is 0.773. The van der Waals surface area contributed by atoms with Crippen LogP contribution in [0, 0.1) is 0 Å². The van der Waals surface area contributed by atoms with E-state index in [1.54, 1.807) is 20.2 Å². The topological polar surface area (TPSA) is 86.3 Å². The second-order valence-corrected chi connectivity index (χ2v) is 5.60. The van der Waals surface area contributed by atoms with Gasteiger partial charge in [-0.05, 0) is 27.2 Å². The molecule has 2 unspecified atom stereocenters. The number of carbonyl (C=O) groups is 1. The van der Waals surface area contributed by atoms with Gasteiger partial charge in [0.1, 0.15) is 17.7 Å². The number of carbonyl (C=O) groups excluding carboxylic acids is 1. The van der Waals surface area contributed by atoms with Crippen molar-refractivity contribution in [3.05, 3.63) is 12.2 Å². The normalized spacial score (nSPS) is 20.0. The lowest BCUT2D eigenvalue weighted by Gasteiger charge is -2.35. The number of ether oxygens (including phenoxy) is 1. The smallest absolute Gasteiger partial charge is 0.325 e. The molecule has 0 aliphatic carbocycles. The molecule has 1 aliphatic rings. The van der Waals surface area contributed by atoms with Crippen LogP contribution < -0.4 is 5.73 Å². The molecule has 112 valence electrons. The standard InChI is InChI=1S/C13H23N5O2/c1-4-20-12(19)13(3,14)7-10(2)17-5-6-18-9-15-16-11(18)8-17/h9-10H,4-8,14H2,1-3H3. The van der Waals surface area contributed by atoms with Crippen molar-refractivity contribution < 1.29 is 9.53 Å². The van der Waals surface area contributed by atoms with Crippen LogP contribution in [-0.4, -0.2) is 50.4 Å². The van der Waals surface area contributed by atoms with Crippen molar-refractivity contribution in [3.8, 4) is 0 Å². The molecule has 2 rings (SSSR count). The highest BCUT2D eigenvalue weighted by atomic mass is 16.5. The molecule has 0 fully saturated rings. The Balaban J connectivity index is 1.95. The summed E-state index contributed by atoms with van der Waals surface area (Å²) in [5.41, 5.74) is 5.14. The average molecular weight is 281 g/mol. The Morgan fingerprint density at radius 2 is 2.35 bits per heavy atom. The van der Waals surface area contributed by atoms with Gasteiger partial charge in [0.25, 0.3) is 0 Å². The zero-order chi connectivity index (χ0) is 14.8. The molecule has 2 heterocycles. The number of rotatable bonds is 5. The first-order valence-electron chi connectivity index (χ1n) is 7.01. The molecule has 7 heteroatoms. The Kier molecular flexibility index (Phi) is 4.39. The second kappa shape index (κ2) is 5.88. The molecule has 1 aromatic heterocycles. The van der Waals surface area contributed by atoms with E-state index in [0.29, 0.717) is 13.0 Å². The van der Waals surface area contributed by atoms with Crippen molar-refractivity contribution in [2.75, 3.05) is 13.2 Å². The highest BCUT2D eigenvalue weighted by molar-refractivity contribution is 5.80. The Bertz CT molecular complexity index is 471. The zero-order valence-corrected chi connectivity index (χ0v) is 12.4. The predicted molar refractivity (Wildman–Crippen MR) is 73.7 cm³/mol. The Hall–Kier alpha value is -1.47. The summed E-state index contributed by atoms with van der Waals surface area (Å²) in [5.74, 6) is 0.616. The average Bonchev–Trinajstić information content (AvgIpc) is 2.85. The Morgan fingerprint density at radius 1 is 1.60 bits per heavy atom. The lowest BCUT2D eigenvalue weighted by atomic mass is 9.94. The molecule has 1 aliphatic heterocycles. The van der Waals surface area contributed by atoms with Crippen molar-refractivity contribution in [3.63, 3.8) is 0 Å². The van der Waals surface area contributed by atoms with E-state index in [9.17, 15) is 4.79 Å². The number of hydrogen-bond donors (Lipinski definition) is 1. The van der Waals surface area contributed by atoms with E-state index in [4.69, 9.17) is 10.5 Å². The van der Waals surface area contributed by atoms with Gasteiger partial charge in [0.15, 0.2) is 0 Å². The van der Waals surface area contributed by atoms with Crippen LogP contribution in [0.2, 0.25) is 0 Å². The van der Waals surface area contributed by atoms with Crippen LogP contribution in [0.5, 0.6) is 0 Å². The molecule has 2 atom stereocenters. The number of aromatic nitrogens is 3. The molecule has 7 nitrogen and oxygen atoms in total. The fraction of sp³-hybridized carbons (Fsp3) is 0.769. The third kappa shape index (κ3) is 3.16. The third-order valence-corrected chi connectivity index (χ3v) is 3.75. The number of nitrogens with zero attached hydrogens (tertiary/aromatic N) is 4. The fourth-order valence-electron chi connectivity index (χ4n) is 2.58. The zero-order valence-electron chi connectivity index (χ0n) is 12.4. The SMILES string of the molecule is CCOC(=O)C(C)(N)CC(C)N1CCn2cnnc2C1. The minimum atomic E-state index is -0.958. The number of fused-ring (bicyclic) bond motifs is 1. The van der Waals surface area contributed by atoms with Gasteiger partial charge in [-0.3, -0.25) is 9.69 Å². The van der Waals surface area contributed by atoms with Gasteiger partial charge in [-0.2, -0.15) is 0 Å². The summed E-state index contributed by atoms with van der Waals surface area (Å²) in [6.07, 6.45) is 2.31. The molecule has 0 spiro atoms. The van der Waals surface area contributed by atoms with Crippen LogP contribution in [0.3, 0.4) is 0 Å². The lowest BCUT2D eigenvalue weighted by Crippen LogP contribution is -2.52. The first-order valence-corrected chi connectivity index (χ1v) is 7.01. The minimum Gasteiger partial charge on any atom is -0.465 e. The van der Waals surface area contributed by atoms with Gasteiger partial charge in [0, 0.05) is 19.1 Å². The molecule has 0 bridgehead atoms. The van der Waals surface area contributed by atoms with Gasteiger partial charge in [-0.1, -0.05) is 0 Å². The molecule has 0 amide bonds. The number of esters is 1. The summed E-state index contributed by atoms with van der Waals surface area (Å²) in [7, 11) is 0. The Morgan fingerprint density at radius 3 is 3.05 bits per heavy atom. The maximum atomic E-state index is 11.8. The summed E-state index contributed by atoms with van der Waals surface area (Å²) >= 11 is 0. The highest BCUT2D eigenvalue weighted by Crippen LogP contribution is 2.19. The third-order valence-electron chi connectivity index (χ3n) is 3.75. The molecule has 2 N–H and O–H groups in total. The van der Waals surface area contributed by atoms with Crippen LogP contribution >= 0.6 is 0 Å². The van der Waals surface area contributed by atoms with Crippen molar-refractivity contribution in [1.82, 2.24) is 19.7 Å². The Labute approximate surface area is 119 Å². The van der Waals surface area contributed by atoms with E-state index in [2.05, 4.69) is 26.6 Å². The largest absolute Gasteiger partial charge is 0.465 e. The molecule has 20 heavy (non-hydrogen) atoms. The van der Waals surface area contributed by atoms with Crippen molar-refractivity contribution in [2.24, 2.45) is 5.73 Å². The molecule has 0 aromatic carbocycles. The van der Waals surface area contributed by atoms with E-state index in [1.165, 1.54) is 0 Å². The van der Waals surface area contributed by atoms with E-state index < -0.39 is 5.54 Å². The van der Waals surface area contributed by atoms with Crippen molar-refractivity contribution in [1.29, 1.82) is 0 Å². The van der Waals surface area contributed by atoms with Crippen LogP contribution in [0.15, 0.2) is 6.33 Å². The first kappa shape index (κ1) is 14.9. The van der Waals surface area contributed by atoms with Gasteiger partial charge in [-0.15, -0.1) is 10.2 Å². The number of hydrogen-bond acceptors (Lipinski definition) is 6. The van der Waals surface area contributed by atoms with E-state index in [-0.39, 0.29) is 12.0 Å². The predicted octanol–water partition coefficient (Wildman–Crippen LogP) is 0.153. The van der Waals surface area contributed by atoms with Gasteiger partial charge < -0.3 is 15.0 Å². The molecular formula is C13H23N5O2. The van der Waals surface area contributed by atoms with Crippen molar-refractivity contribution in [2.45, 2.75) is 51.9 Å². The first-order chi connectivity index (χ1) is 9.44. The summed E-state index contributed by atoms with van der Waals surface area (Å²) < 4.78 is 7.08. The van der Waals surface area contributed by atoms with Gasteiger partial charge in [0.05, 0.1) is 13.2 Å². The van der Waals surface area contributed by atoms with Crippen molar-refractivity contribution >= 4 is 5.97 Å². The summed E-state index contributed by atoms with van der Waals surface area (Å²) in [6, 6.07) is 0.180. The van der Waals surface area contributed by atoms with E-state index >= 15 is 0 Å². The minimum absolute atomic E-state index is 0.180. The lowest BCUT2D eigenvalue weighted by molar-refractivity contribution is -0.149. The highest BCUT2D eigenvalue weighted by Gasteiger charge is 2.34. The number of nitrogens with two attached hydrogens (primary N) is 1. The van der Waals surface area contributed by atoms with Crippen LogP contribution in [0.25, 0.3) is 0 Å². The monoisotopic (exact) mass is 281 g/mol. The summed E-state index contributed by atoms with van der Waals surface area (Å²) in [4.78, 5) is 14.1. The van der Waals surface area contributed by atoms with Gasteiger partial charge in [-0.25, -0.2) is 0 Å². The maximum absolute atomic E-state index is 11.8. The van der Waals surface area contributed by atoms with Crippen LogP contribution in [0.4, 0.5) is 0 Å². The fourth-order valence-corrected chi connectivity index (χ4v) is 2.58. The molecule has 0 saturated carbocycles. The van der Waals surface area contributed by atoms with Gasteiger partial charge in [0.2, 0.25) is 0 Å². The maximum Gasteiger partial charge on any atom is 0.325 e. The summed E-state index contributed by atoms with van der Waals surface area (Å²) in [6.45, 7) is 8.46. The van der Waals surface area contributed by atoms with Crippen LogP contribution in [-0.2, 0) is 22.6 Å². The van der Waals surface area contributed by atoms with Crippen LogP contribution in [0.1, 0.15) is 33.0 Å². The molecule has 0 radical (unpaired) electrons. The molecule has 1 aromatic rings. The molecule has 0 saturated heterocycles. The summed E-state index contributed by atoms with van der Waals surface area (Å²) in [5, 5.41) is 8.01. The second-order valence-electron chi connectivity index (χ2n) is 5.60. The van der Waals surface area contributed by atoms with Gasteiger partial charge >= 0.3 is 5.97 Å². The van der Waals surface area contributed by atoms with E-state index in [1.807, 2.05) is 0 Å².